The minimum absolute atomic E-state index is 0.223. The van der Waals surface area contributed by atoms with Gasteiger partial charge in [-0.15, -0.1) is 0 Å². The molecule has 1 N–H and O–H groups in total. The van der Waals surface area contributed by atoms with Crippen molar-refractivity contribution in [2.75, 3.05) is 29.9 Å². The van der Waals surface area contributed by atoms with E-state index in [-0.39, 0.29) is 12.5 Å². The predicted molar refractivity (Wildman–Crippen MR) is 86.1 cm³/mol. The molecule has 0 saturated carbocycles. The van der Waals surface area contributed by atoms with Crippen LogP contribution in [0, 0.1) is 0 Å². The summed E-state index contributed by atoms with van der Waals surface area (Å²) >= 11 is 1.58. The van der Waals surface area contributed by atoms with Gasteiger partial charge in [0.25, 0.3) is 5.91 Å². The number of rotatable bonds is 3. The van der Waals surface area contributed by atoms with Crippen LogP contribution in [0.25, 0.3) is 0 Å². The van der Waals surface area contributed by atoms with Crippen LogP contribution in [0.15, 0.2) is 34.7 Å². The molecular formula is C15H17N3O3S. The Morgan fingerprint density at radius 1 is 1.55 bits per heavy atom. The van der Waals surface area contributed by atoms with E-state index in [1.54, 1.807) is 11.8 Å². The third-order valence-electron chi connectivity index (χ3n) is 3.74. The molecular weight excluding hydrogens is 302 g/mol. The Morgan fingerprint density at radius 3 is 3.00 bits per heavy atom. The molecule has 0 aliphatic carbocycles. The number of carbonyl (C=O) groups is 2. The second-order valence-corrected chi connectivity index (χ2v) is 6.10. The maximum atomic E-state index is 12.0. The predicted octanol–water partition coefficient (Wildman–Crippen LogP) is 2.16. The first-order valence-electron chi connectivity index (χ1n) is 7.03. The highest BCUT2D eigenvalue weighted by Crippen LogP contribution is 2.46. The van der Waals surface area contributed by atoms with Gasteiger partial charge in [0.1, 0.15) is 0 Å². The lowest BCUT2D eigenvalue weighted by molar-refractivity contribution is -0.127. The van der Waals surface area contributed by atoms with Gasteiger partial charge in [-0.25, -0.2) is 4.79 Å². The van der Waals surface area contributed by atoms with Crippen LogP contribution in [0.3, 0.4) is 0 Å². The average Bonchev–Trinajstić information content (AvgIpc) is 3.04. The summed E-state index contributed by atoms with van der Waals surface area (Å²) in [5.74, 6) is -0.295. The number of cyclic esters (lactones) is 1. The number of hydrogen-bond acceptors (Lipinski definition) is 5. The number of thioether (sulfide) groups is 1. The van der Waals surface area contributed by atoms with E-state index in [0.29, 0.717) is 0 Å². The lowest BCUT2D eigenvalue weighted by atomic mass is 10.2. The maximum absolute atomic E-state index is 12.0. The highest BCUT2D eigenvalue weighted by molar-refractivity contribution is 8.03. The topological polar surface area (TPSA) is 61.9 Å². The van der Waals surface area contributed by atoms with Crippen molar-refractivity contribution < 1.29 is 14.3 Å². The first-order valence-corrected chi connectivity index (χ1v) is 7.85. The molecule has 1 fully saturated rings. The molecule has 22 heavy (non-hydrogen) atoms. The first kappa shape index (κ1) is 14.8. The minimum Gasteiger partial charge on any atom is -0.434 e. The number of anilines is 2. The molecule has 0 unspecified atom stereocenters. The van der Waals surface area contributed by atoms with Gasteiger partial charge in [-0.2, -0.15) is 0 Å². The van der Waals surface area contributed by atoms with Crippen LogP contribution in [0.1, 0.15) is 6.92 Å². The summed E-state index contributed by atoms with van der Waals surface area (Å²) < 4.78 is 5.10. The smallest absolute Gasteiger partial charge is 0.415 e. The van der Waals surface area contributed by atoms with E-state index < -0.39 is 12.2 Å². The van der Waals surface area contributed by atoms with E-state index in [9.17, 15) is 9.59 Å². The maximum Gasteiger partial charge on any atom is 0.415 e. The summed E-state index contributed by atoms with van der Waals surface area (Å²) in [6.45, 7) is 7.18. The molecule has 1 aromatic carbocycles. The molecule has 3 rings (SSSR count). The van der Waals surface area contributed by atoms with Gasteiger partial charge in [0.05, 0.1) is 17.3 Å². The SMILES string of the molecule is C=C1Sc2cc(N3C[C@H](C(=O)NC)OC3=O)ccc2N1CC. The normalized spacial score (nSPS) is 20.2. The van der Waals surface area contributed by atoms with E-state index in [0.717, 1.165) is 27.8 Å². The van der Waals surface area contributed by atoms with Gasteiger partial charge in [-0.05, 0) is 25.1 Å². The van der Waals surface area contributed by atoms with Gasteiger partial charge >= 0.3 is 6.09 Å². The lowest BCUT2D eigenvalue weighted by Crippen LogP contribution is -2.35. The summed E-state index contributed by atoms with van der Waals surface area (Å²) in [7, 11) is 1.52. The Morgan fingerprint density at radius 2 is 2.32 bits per heavy atom. The summed E-state index contributed by atoms with van der Waals surface area (Å²) in [5, 5.41) is 3.47. The van der Waals surface area contributed by atoms with Gasteiger partial charge in [0.15, 0.2) is 6.10 Å². The lowest BCUT2D eigenvalue weighted by Gasteiger charge is -2.18. The molecule has 1 saturated heterocycles. The van der Waals surface area contributed by atoms with E-state index in [2.05, 4.69) is 23.7 Å². The van der Waals surface area contributed by atoms with Gasteiger partial charge in [-0.1, -0.05) is 18.3 Å². The van der Waals surface area contributed by atoms with Crippen molar-refractivity contribution in [3.63, 3.8) is 0 Å². The number of nitrogens with one attached hydrogen (secondary N) is 1. The Labute approximate surface area is 133 Å². The molecule has 2 heterocycles. The molecule has 1 aromatic rings. The molecule has 7 heteroatoms. The molecule has 1 atom stereocenters. The monoisotopic (exact) mass is 319 g/mol. The zero-order valence-electron chi connectivity index (χ0n) is 12.5. The third-order valence-corrected chi connectivity index (χ3v) is 4.74. The number of ether oxygens (including phenoxy) is 1. The van der Waals surface area contributed by atoms with Crippen LogP contribution >= 0.6 is 11.8 Å². The number of fused-ring (bicyclic) bond motifs is 1. The highest BCUT2D eigenvalue weighted by atomic mass is 32.2. The van der Waals surface area contributed by atoms with Crippen molar-refractivity contribution in [2.45, 2.75) is 17.9 Å². The number of benzene rings is 1. The summed E-state index contributed by atoms with van der Waals surface area (Å²) in [6.07, 6.45) is -1.26. The van der Waals surface area contributed by atoms with E-state index in [1.807, 2.05) is 18.2 Å². The Hall–Kier alpha value is -2.15. The Kier molecular flexibility index (Phi) is 3.74. The first-order chi connectivity index (χ1) is 10.5. The molecule has 2 aliphatic heterocycles. The molecule has 0 bridgehead atoms. The van der Waals surface area contributed by atoms with Crippen LogP contribution in [0.2, 0.25) is 0 Å². The molecule has 116 valence electrons. The fraction of sp³-hybridized carbons (Fsp3) is 0.333. The summed E-state index contributed by atoms with van der Waals surface area (Å²) in [4.78, 5) is 28.3. The van der Waals surface area contributed by atoms with Crippen LogP contribution in [0.4, 0.5) is 16.2 Å². The van der Waals surface area contributed by atoms with Crippen LogP contribution in [-0.4, -0.2) is 38.2 Å². The number of amides is 2. The molecule has 2 aliphatic rings. The van der Waals surface area contributed by atoms with Gasteiger partial charge < -0.3 is 15.0 Å². The summed E-state index contributed by atoms with van der Waals surface area (Å²) in [6, 6.07) is 5.78. The average molecular weight is 319 g/mol. The van der Waals surface area contributed by atoms with Crippen LogP contribution < -0.4 is 15.1 Å². The fourth-order valence-electron chi connectivity index (χ4n) is 2.61. The van der Waals surface area contributed by atoms with E-state index >= 15 is 0 Å². The standard InChI is InChI=1S/C15H17N3O3S/c1-4-17-9(2)22-13-7-10(5-6-11(13)17)18-8-12(14(19)16-3)21-15(18)20/h5-7,12H,2,4,8H2,1,3H3,(H,16,19)/t12-/m1/s1. The summed E-state index contributed by atoms with van der Waals surface area (Å²) in [5.41, 5.74) is 1.82. The van der Waals surface area contributed by atoms with Crippen molar-refractivity contribution in [1.29, 1.82) is 0 Å². The zero-order valence-corrected chi connectivity index (χ0v) is 13.3. The molecule has 0 radical (unpaired) electrons. The van der Waals surface area contributed by atoms with E-state index in [4.69, 9.17) is 4.74 Å². The second kappa shape index (κ2) is 5.57. The number of nitrogens with zero attached hydrogens (tertiary/aromatic N) is 2. The molecule has 0 aromatic heterocycles. The van der Waals surface area contributed by atoms with Crippen molar-refractivity contribution in [2.24, 2.45) is 0 Å². The van der Waals surface area contributed by atoms with Gasteiger partial charge in [0.2, 0.25) is 0 Å². The second-order valence-electron chi connectivity index (χ2n) is 4.99. The Balaban J connectivity index is 1.86. The third kappa shape index (κ3) is 2.31. The van der Waals surface area contributed by atoms with Crippen molar-refractivity contribution in [3.05, 3.63) is 29.8 Å². The number of hydrogen-bond donors (Lipinski definition) is 1. The number of carbonyl (C=O) groups excluding carboxylic acids is 2. The highest BCUT2D eigenvalue weighted by Gasteiger charge is 2.37. The van der Waals surface area contributed by atoms with Crippen molar-refractivity contribution in [1.82, 2.24) is 5.32 Å². The molecule has 2 amide bonds. The van der Waals surface area contributed by atoms with Gasteiger partial charge in [-0.3, -0.25) is 9.69 Å². The largest absolute Gasteiger partial charge is 0.434 e. The molecule has 6 nitrogen and oxygen atoms in total. The van der Waals surface area contributed by atoms with E-state index in [1.165, 1.54) is 11.9 Å². The zero-order chi connectivity index (χ0) is 15.9. The quantitative estimate of drug-likeness (QED) is 0.925. The fourth-order valence-corrected chi connectivity index (χ4v) is 3.66. The minimum atomic E-state index is -0.763. The number of likely N-dealkylation sites (N-methyl/N-ethyl adjacent to an activating group) is 1. The van der Waals surface area contributed by atoms with Crippen molar-refractivity contribution in [3.8, 4) is 0 Å². The van der Waals surface area contributed by atoms with Crippen LogP contribution in [-0.2, 0) is 9.53 Å². The Bertz CT molecular complexity index is 661. The van der Waals surface area contributed by atoms with Crippen LogP contribution in [0.5, 0.6) is 0 Å². The van der Waals surface area contributed by atoms with Gasteiger partial charge in [0, 0.05) is 24.2 Å². The molecule has 0 spiro atoms. The van der Waals surface area contributed by atoms with Crippen molar-refractivity contribution >= 4 is 35.1 Å².